The zero-order valence-corrected chi connectivity index (χ0v) is 13.7. The average molecular weight is 309 g/mol. The van der Waals surface area contributed by atoms with Crippen LogP contribution in [0, 0.1) is 5.41 Å². The Morgan fingerprint density at radius 3 is 2.21 bits per heavy atom. The van der Waals surface area contributed by atoms with Crippen molar-refractivity contribution in [2.24, 2.45) is 0 Å². The highest BCUT2D eigenvalue weighted by molar-refractivity contribution is 6.15. The van der Waals surface area contributed by atoms with E-state index in [0.717, 1.165) is 17.5 Å². The van der Waals surface area contributed by atoms with Crippen molar-refractivity contribution < 1.29 is 0 Å². The molecule has 3 aromatic rings. The Kier molecular flexibility index (Phi) is 3.62. The Balaban J connectivity index is 1.92. The van der Waals surface area contributed by atoms with Gasteiger partial charge in [0.15, 0.2) is 0 Å². The van der Waals surface area contributed by atoms with Gasteiger partial charge in [0.25, 0.3) is 0 Å². The molecule has 1 aliphatic carbocycles. The van der Waals surface area contributed by atoms with E-state index in [9.17, 15) is 0 Å². The Bertz CT molecular complexity index is 991. The predicted octanol–water partition coefficient (Wildman–Crippen LogP) is 5.99. The topological polar surface area (TPSA) is 23.9 Å². The highest BCUT2D eigenvalue weighted by Crippen LogP contribution is 2.33. The minimum Gasteiger partial charge on any atom is -0.300 e. The first kappa shape index (κ1) is 14.6. The third-order valence-electron chi connectivity index (χ3n) is 4.61. The molecule has 1 N–H and O–H groups in total. The molecule has 0 radical (unpaired) electrons. The molecule has 0 spiro atoms. The zero-order chi connectivity index (χ0) is 16.5. The van der Waals surface area contributed by atoms with Crippen molar-refractivity contribution in [1.82, 2.24) is 0 Å². The molecule has 0 saturated carbocycles. The van der Waals surface area contributed by atoms with Gasteiger partial charge in [-0.15, -0.1) is 0 Å². The molecule has 0 atom stereocenters. The second-order valence-electron chi connectivity index (χ2n) is 6.31. The maximum absolute atomic E-state index is 8.76. The summed E-state index contributed by atoms with van der Waals surface area (Å²) in [6.45, 7) is 2.14. The third-order valence-corrected chi connectivity index (χ3v) is 4.61. The van der Waals surface area contributed by atoms with E-state index < -0.39 is 0 Å². The van der Waals surface area contributed by atoms with E-state index in [4.69, 9.17) is 5.41 Å². The van der Waals surface area contributed by atoms with Crippen LogP contribution in [0.5, 0.6) is 0 Å². The van der Waals surface area contributed by atoms with E-state index in [1.807, 2.05) is 30.3 Å². The number of fused-ring (bicyclic) bond motifs is 1. The molecule has 1 aliphatic rings. The molecule has 4 rings (SSSR count). The van der Waals surface area contributed by atoms with Gasteiger partial charge in [0.2, 0.25) is 0 Å². The van der Waals surface area contributed by atoms with Crippen molar-refractivity contribution in [3.05, 3.63) is 101 Å². The molecule has 0 unspecified atom stereocenters. The molecule has 1 heteroatoms. The fourth-order valence-corrected chi connectivity index (χ4v) is 3.32. The van der Waals surface area contributed by atoms with Gasteiger partial charge >= 0.3 is 0 Å². The van der Waals surface area contributed by atoms with Crippen LogP contribution in [0.3, 0.4) is 0 Å². The van der Waals surface area contributed by atoms with Crippen LogP contribution in [0.4, 0.5) is 0 Å². The maximum atomic E-state index is 8.76. The van der Waals surface area contributed by atoms with Crippen LogP contribution in [-0.4, -0.2) is 5.71 Å². The fraction of sp³-hybridized carbons (Fsp3) is 0.0870. The van der Waals surface area contributed by atoms with Crippen LogP contribution in [0.2, 0.25) is 0 Å². The molecule has 0 aliphatic heterocycles. The lowest BCUT2D eigenvalue weighted by Gasteiger charge is -2.14. The number of benzene rings is 3. The van der Waals surface area contributed by atoms with Crippen molar-refractivity contribution in [3.8, 4) is 0 Å². The summed E-state index contributed by atoms with van der Waals surface area (Å²) in [7, 11) is 0. The first-order valence-corrected chi connectivity index (χ1v) is 8.27. The quantitative estimate of drug-likeness (QED) is 0.575. The molecular formula is C23H19N. The SMILES string of the molecule is CC1=CCC(c2cc3ccccc3cc2C(=N)c2ccccc2)=C1. The van der Waals surface area contributed by atoms with E-state index >= 15 is 0 Å². The summed E-state index contributed by atoms with van der Waals surface area (Å²) in [6, 6.07) is 22.8. The van der Waals surface area contributed by atoms with Crippen LogP contribution in [-0.2, 0) is 0 Å². The molecule has 1 nitrogen and oxygen atoms in total. The second-order valence-corrected chi connectivity index (χ2v) is 6.31. The van der Waals surface area contributed by atoms with Gasteiger partial charge in [-0.05, 0) is 47.4 Å². The van der Waals surface area contributed by atoms with Crippen molar-refractivity contribution >= 4 is 22.1 Å². The molecular weight excluding hydrogens is 290 g/mol. The van der Waals surface area contributed by atoms with Crippen LogP contribution < -0.4 is 0 Å². The third kappa shape index (κ3) is 2.59. The highest BCUT2D eigenvalue weighted by atomic mass is 14.4. The first-order chi connectivity index (χ1) is 11.7. The Morgan fingerprint density at radius 2 is 1.54 bits per heavy atom. The molecule has 116 valence electrons. The zero-order valence-electron chi connectivity index (χ0n) is 13.7. The summed E-state index contributed by atoms with van der Waals surface area (Å²) < 4.78 is 0. The van der Waals surface area contributed by atoms with Crippen molar-refractivity contribution in [1.29, 1.82) is 5.41 Å². The van der Waals surface area contributed by atoms with Gasteiger partial charge in [0.05, 0.1) is 5.71 Å². The van der Waals surface area contributed by atoms with Gasteiger partial charge in [-0.2, -0.15) is 0 Å². The van der Waals surface area contributed by atoms with Crippen LogP contribution in [0.25, 0.3) is 16.3 Å². The minimum atomic E-state index is 0.585. The lowest BCUT2D eigenvalue weighted by molar-refractivity contribution is 1.39. The van der Waals surface area contributed by atoms with Gasteiger partial charge in [-0.1, -0.05) is 72.3 Å². The summed E-state index contributed by atoms with van der Waals surface area (Å²) in [4.78, 5) is 0. The summed E-state index contributed by atoms with van der Waals surface area (Å²) in [6.07, 6.45) is 5.44. The summed E-state index contributed by atoms with van der Waals surface area (Å²) >= 11 is 0. The number of rotatable bonds is 3. The number of hydrogen-bond donors (Lipinski definition) is 1. The van der Waals surface area contributed by atoms with Gasteiger partial charge in [-0.3, -0.25) is 5.41 Å². The average Bonchev–Trinajstić information content (AvgIpc) is 3.07. The smallest absolute Gasteiger partial charge is 0.0690 e. The fourth-order valence-electron chi connectivity index (χ4n) is 3.32. The standard InChI is InChI=1S/C23H19N/c1-16-11-12-20(13-16)21-14-18-9-5-6-10-19(18)15-22(21)23(24)17-7-3-2-4-8-17/h2-11,13-15,24H,12H2,1H3. The molecule has 0 fully saturated rings. The Hall–Kier alpha value is -2.93. The number of nitrogens with one attached hydrogen (secondary N) is 1. The summed E-state index contributed by atoms with van der Waals surface area (Å²) in [5.74, 6) is 0. The molecule has 0 bridgehead atoms. The number of allylic oxidation sites excluding steroid dienone is 4. The summed E-state index contributed by atoms with van der Waals surface area (Å²) in [5, 5.41) is 11.2. The van der Waals surface area contributed by atoms with Gasteiger partial charge < -0.3 is 0 Å². The van der Waals surface area contributed by atoms with E-state index in [0.29, 0.717) is 5.71 Å². The predicted molar refractivity (Wildman–Crippen MR) is 103 cm³/mol. The second kappa shape index (κ2) is 5.93. The lowest BCUT2D eigenvalue weighted by atomic mass is 9.90. The van der Waals surface area contributed by atoms with E-state index in [2.05, 4.69) is 55.5 Å². The number of hydrogen-bond acceptors (Lipinski definition) is 1. The van der Waals surface area contributed by atoms with Gasteiger partial charge in [0, 0.05) is 11.1 Å². The molecule has 0 amide bonds. The Morgan fingerprint density at radius 1 is 0.875 bits per heavy atom. The van der Waals surface area contributed by atoms with E-state index in [1.54, 1.807) is 0 Å². The largest absolute Gasteiger partial charge is 0.300 e. The highest BCUT2D eigenvalue weighted by Gasteiger charge is 2.16. The summed E-state index contributed by atoms with van der Waals surface area (Å²) in [5.41, 5.74) is 6.33. The van der Waals surface area contributed by atoms with Crippen molar-refractivity contribution in [2.75, 3.05) is 0 Å². The first-order valence-electron chi connectivity index (χ1n) is 8.27. The lowest BCUT2D eigenvalue weighted by Crippen LogP contribution is -2.05. The minimum absolute atomic E-state index is 0.585. The molecule has 3 aromatic carbocycles. The van der Waals surface area contributed by atoms with Crippen molar-refractivity contribution in [3.63, 3.8) is 0 Å². The maximum Gasteiger partial charge on any atom is 0.0690 e. The molecule has 0 aromatic heterocycles. The van der Waals surface area contributed by atoms with Gasteiger partial charge in [0.1, 0.15) is 0 Å². The molecule has 0 heterocycles. The van der Waals surface area contributed by atoms with E-state index in [1.165, 1.54) is 27.5 Å². The normalized spacial score (nSPS) is 13.7. The van der Waals surface area contributed by atoms with Crippen LogP contribution >= 0.6 is 0 Å². The van der Waals surface area contributed by atoms with Gasteiger partial charge in [-0.25, -0.2) is 0 Å². The molecule has 0 saturated heterocycles. The Labute approximate surface area is 142 Å². The van der Waals surface area contributed by atoms with Crippen molar-refractivity contribution in [2.45, 2.75) is 13.3 Å². The van der Waals surface area contributed by atoms with Crippen LogP contribution in [0.15, 0.2) is 84.5 Å². The van der Waals surface area contributed by atoms with E-state index in [-0.39, 0.29) is 0 Å². The molecule has 24 heavy (non-hydrogen) atoms. The van der Waals surface area contributed by atoms with Crippen LogP contribution in [0.1, 0.15) is 30.0 Å². The monoisotopic (exact) mass is 309 g/mol.